The van der Waals surface area contributed by atoms with E-state index in [0.29, 0.717) is 5.56 Å². The number of rotatable bonds is 5. The number of hydrogen-bond acceptors (Lipinski definition) is 6. The van der Waals surface area contributed by atoms with E-state index < -0.39 is 26.4 Å². The van der Waals surface area contributed by atoms with Gasteiger partial charge in [-0.25, -0.2) is 8.42 Å². The van der Waals surface area contributed by atoms with Crippen LogP contribution in [0, 0.1) is 17.0 Å². The lowest BCUT2D eigenvalue weighted by molar-refractivity contribution is -0.383. The Bertz CT molecular complexity index is 843. The van der Waals surface area contributed by atoms with Crippen molar-refractivity contribution >= 4 is 21.4 Å². The first-order valence-corrected chi connectivity index (χ1v) is 7.89. The van der Waals surface area contributed by atoms with Crippen molar-refractivity contribution in [2.24, 2.45) is 0 Å². The lowest BCUT2D eigenvalue weighted by atomic mass is 10.2. The zero-order chi connectivity index (χ0) is 17.2. The SMILES string of the molecule is COc1cccc([N+](=O)[O-])c1NS(=O)(=O)c1c(C)cccc1O. The molecule has 0 atom stereocenters. The maximum atomic E-state index is 12.5. The van der Waals surface area contributed by atoms with Gasteiger partial charge in [0.15, 0.2) is 5.69 Å². The molecule has 122 valence electrons. The van der Waals surface area contributed by atoms with E-state index in [0.717, 1.165) is 6.07 Å². The minimum Gasteiger partial charge on any atom is -0.507 e. The zero-order valence-electron chi connectivity index (χ0n) is 12.3. The Hall–Kier alpha value is -2.81. The zero-order valence-corrected chi connectivity index (χ0v) is 13.1. The summed E-state index contributed by atoms with van der Waals surface area (Å²) in [5.41, 5.74) is -0.460. The first-order chi connectivity index (χ1) is 10.8. The molecule has 0 unspecified atom stereocenters. The van der Waals surface area contributed by atoms with E-state index >= 15 is 0 Å². The third kappa shape index (κ3) is 3.19. The Morgan fingerprint density at radius 1 is 1.22 bits per heavy atom. The van der Waals surface area contributed by atoms with Crippen LogP contribution in [0.3, 0.4) is 0 Å². The Balaban J connectivity index is 2.60. The molecule has 23 heavy (non-hydrogen) atoms. The molecule has 0 amide bonds. The van der Waals surface area contributed by atoms with Crippen molar-refractivity contribution in [3.63, 3.8) is 0 Å². The average molecular weight is 338 g/mol. The van der Waals surface area contributed by atoms with Crippen molar-refractivity contribution in [1.82, 2.24) is 0 Å². The van der Waals surface area contributed by atoms with Gasteiger partial charge < -0.3 is 9.84 Å². The number of nitro benzene ring substituents is 1. The van der Waals surface area contributed by atoms with E-state index in [2.05, 4.69) is 4.72 Å². The topological polar surface area (TPSA) is 119 Å². The van der Waals surface area contributed by atoms with E-state index in [9.17, 15) is 23.6 Å². The lowest BCUT2D eigenvalue weighted by Crippen LogP contribution is -2.16. The third-order valence-corrected chi connectivity index (χ3v) is 4.66. The van der Waals surface area contributed by atoms with Crippen LogP contribution in [0.2, 0.25) is 0 Å². The molecule has 0 saturated carbocycles. The van der Waals surface area contributed by atoms with E-state index in [1.54, 1.807) is 0 Å². The van der Waals surface area contributed by atoms with Crippen LogP contribution in [0.15, 0.2) is 41.3 Å². The molecule has 0 fully saturated rings. The largest absolute Gasteiger partial charge is 0.507 e. The minimum absolute atomic E-state index is 0.00384. The number of anilines is 1. The molecule has 2 N–H and O–H groups in total. The molecular weight excluding hydrogens is 324 g/mol. The van der Waals surface area contributed by atoms with Crippen molar-refractivity contribution < 1.29 is 23.2 Å². The van der Waals surface area contributed by atoms with Crippen LogP contribution >= 0.6 is 0 Å². The van der Waals surface area contributed by atoms with Gasteiger partial charge in [-0.2, -0.15) is 0 Å². The number of phenols is 1. The summed E-state index contributed by atoms with van der Waals surface area (Å²) in [6, 6.07) is 8.14. The van der Waals surface area contributed by atoms with E-state index in [4.69, 9.17) is 4.74 Å². The molecule has 0 aliphatic rings. The van der Waals surface area contributed by atoms with Gasteiger partial charge in [-0.3, -0.25) is 14.8 Å². The number of aromatic hydroxyl groups is 1. The molecule has 2 aromatic carbocycles. The van der Waals surface area contributed by atoms with Crippen molar-refractivity contribution in [3.05, 3.63) is 52.1 Å². The maximum absolute atomic E-state index is 12.5. The fourth-order valence-electron chi connectivity index (χ4n) is 2.12. The highest BCUT2D eigenvalue weighted by Crippen LogP contribution is 2.37. The molecule has 0 aliphatic carbocycles. The average Bonchev–Trinajstić information content (AvgIpc) is 2.46. The molecule has 0 heterocycles. The molecule has 0 spiro atoms. The molecule has 0 saturated heterocycles. The number of aryl methyl sites for hydroxylation is 1. The van der Waals surface area contributed by atoms with Crippen LogP contribution in [0.1, 0.15) is 5.56 Å². The predicted octanol–water partition coefficient (Wildman–Crippen LogP) is 2.42. The normalized spacial score (nSPS) is 11.0. The Kier molecular flexibility index (Phi) is 4.41. The van der Waals surface area contributed by atoms with Gasteiger partial charge >= 0.3 is 0 Å². The van der Waals surface area contributed by atoms with Gasteiger partial charge in [0.2, 0.25) is 0 Å². The molecule has 8 nitrogen and oxygen atoms in total. The molecule has 0 radical (unpaired) electrons. The standard InChI is InChI=1S/C14H14N2O6S/c1-9-5-3-7-11(17)14(9)23(20,21)15-13-10(16(18)19)6-4-8-12(13)22-2/h3-8,15,17H,1-2H3. The number of sulfonamides is 1. The number of phenolic OH excluding ortho intramolecular Hbond substituents is 1. The number of nitrogens with one attached hydrogen (secondary N) is 1. The van der Waals surface area contributed by atoms with Crippen molar-refractivity contribution in [2.45, 2.75) is 11.8 Å². The molecular formula is C14H14N2O6S. The van der Waals surface area contributed by atoms with Crippen LogP contribution in [-0.2, 0) is 10.0 Å². The van der Waals surface area contributed by atoms with E-state index in [1.807, 2.05) is 0 Å². The summed E-state index contributed by atoms with van der Waals surface area (Å²) in [6.45, 7) is 1.50. The van der Waals surface area contributed by atoms with E-state index in [1.165, 1.54) is 44.4 Å². The Morgan fingerprint density at radius 2 is 1.87 bits per heavy atom. The van der Waals surface area contributed by atoms with Gasteiger partial charge in [0, 0.05) is 6.07 Å². The second-order valence-corrected chi connectivity index (χ2v) is 6.26. The van der Waals surface area contributed by atoms with Gasteiger partial charge in [-0.15, -0.1) is 0 Å². The highest BCUT2D eigenvalue weighted by atomic mass is 32.2. The lowest BCUT2D eigenvalue weighted by Gasteiger charge is -2.14. The first-order valence-electron chi connectivity index (χ1n) is 6.40. The van der Waals surface area contributed by atoms with Gasteiger partial charge in [0.1, 0.15) is 16.4 Å². The number of nitro groups is 1. The number of para-hydroxylation sites is 1. The molecule has 0 aliphatic heterocycles. The highest BCUT2D eigenvalue weighted by molar-refractivity contribution is 7.93. The summed E-state index contributed by atoms with van der Waals surface area (Å²) in [5, 5.41) is 20.9. The number of ether oxygens (including phenoxy) is 1. The fraction of sp³-hybridized carbons (Fsp3) is 0.143. The van der Waals surface area contributed by atoms with Crippen LogP contribution in [0.4, 0.5) is 11.4 Å². The van der Waals surface area contributed by atoms with Gasteiger partial charge in [-0.1, -0.05) is 18.2 Å². The summed E-state index contributed by atoms with van der Waals surface area (Å²) in [4.78, 5) is 10.0. The van der Waals surface area contributed by atoms with Crippen molar-refractivity contribution in [3.8, 4) is 11.5 Å². The second-order valence-electron chi connectivity index (χ2n) is 4.64. The molecule has 2 rings (SSSR count). The quantitative estimate of drug-likeness (QED) is 0.638. The number of hydrogen-bond donors (Lipinski definition) is 2. The number of nitrogens with zero attached hydrogens (tertiary/aromatic N) is 1. The predicted molar refractivity (Wildman–Crippen MR) is 83.3 cm³/mol. The van der Waals surface area contributed by atoms with Crippen molar-refractivity contribution in [1.29, 1.82) is 0 Å². The summed E-state index contributed by atoms with van der Waals surface area (Å²) in [5.74, 6) is -0.453. The van der Waals surface area contributed by atoms with Crippen LogP contribution in [0.25, 0.3) is 0 Å². The van der Waals surface area contributed by atoms with Crippen molar-refractivity contribution in [2.75, 3.05) is 11.8 Å². The smallest absolute Gasteiger partial charge is 0.297 e. The van der Waals surface area contributed by atoms with Crippen LogP contribution in [0.5, 0.6) is 11.5 Å². The Labute approximate surface area is 132 Å². The number of methoxy groups -OCH3 is 1. The Morgan fingerprint density at radius 3 is 2.43 bits per heavy atom. The van der Waals surface area contributed by atoms with Gasteiger partial charge in [-0.05, 0) is 24.6 Å². The van der Waals surface area contributed by atoms with Crippen LogP contribution in [-0.4, -0.2) is 25.6 Å². The summed E-state index contributed by atoms with van der Waals surface area (Å²) < 4.78 is 32.2. The van der Waals surface area contributed by atoms with Gasteiger partial charge in [0.25, 0.3) is 15.7 Å². The highest BCUT2D eigenvalue weighted by Gasteiger charge is 2.27. The number of benzene rings is 2. The maximum Gasteiger partial charge on any atom is 0.297 e. The minimum atomic E-state index is -4.25. The molecule has 9 heteroatoms. The summed E-state index contributed by atoms with van der Waals surface area (Å²) >= 11 is 0. The molecule has 2 aromatic rings. The van der Waals surface area contributed by atoms with E-state index in [-0.39, 0.29) is 16.3 Å². The van der Waals surface area contributed by atoms with Crippen LogP contribution < -0.4 is 9.46 Å². The monoisotopic (exact) mass is 338 g/mol. The summed E-state index contributed by atoms with van der Waals surface area (Å²) in [7, 11) is -2.98. The first kappa shape index (κ1) is 16.6. The summed E-state index contributed by atoms with van der Waals surface area (Å²) in [6.07, 6.45) is 0. The third-order valence-electron chi connectivity index (χ3n) is 3.12. The molecule has 0 aromatic heterocycles. The fourth-order valence-corrected chi connectivity index (χ4v) is 3.53. The van der Waals surface area contributed by atoms with Gasteiger partial charge in [0.05, 0.1) is 12.0 Å². The second kappa shape index (κ2) is 6.13. The molecule has 0 bridgehead atoms.